The van der Waals surface area contributed by atoms with Crippen molar-refractivity contribution in [3.8, 4) is 5.75 Å². The van der Waals surface area contributed by atoms with Crippen LogP contribution in [0.2, 0.25) is 0 Å². The van der Waals surface area contributed by atoms with Gasteiger partial charge in [-0.2, -0.15) is 0 Å². The van der Waals surface area contributed by atoms with Gasteiger partial charge in [-0.25, -0.2) is 9.18 Å². The van der Waals surface area contributed by atoms with Crippen molar-refractivity contribution in [3.05, 3.63) is 30.1 Å². The van der Waals surface area contributed by atoms with Gasteiger partial charge in [0.25, 0.3) is 5.91 Å². The highest BCUT2D eigenvalue weighted by Crippen LogP contribution is 2.12. The molecule has 18 heavy (non-hydrogen) atoms. The smallest absolute Gasteiger partial charge is 0.321 e. The van der Waals surface area contributed by atoms with Crippen molar-refractivity contribution in [2.45, 2.75) is 20.0 Å². The second-order valence-corrected chi connectivity index (χ2v) is 3.56. The summed E-state index contributed by atoms with van der Waals surface area (Å²) in [6.45, 7) is 3.66. The van der Waals surface area contributed by atoms with Gasteiger partial charge in [0.15, 0.2) is 6.10 Å². The Morgan fingerprint density at radius 3 is 2.50 bits per heavy atom. The first-order valence-corrected chi connectivity index (χ1v) is 5.54. The Labute approximate surface area is 104 Å². The van der Waals surface area contributed by atoms with Gasteiger partial charge in [0.05, 0.1) is 0 Å². The van der Waals surface area contributed by atoms with Crippen LogP contribution in [0.4, 0.5) is 9.18 Å². The van der Waals surface area contributed by atoms with Gasteiger partial charge in [0.1, 0.15) is 11.6 Å². The molecular weight excluding hydrogens is 239 g/mol. The normalized spacial score (nSPS) is 11.5. The van der Waals surface area contributed by atoms with E-state index in [1.807, 2.05) is 0 Å². The fourth-order valence-electron chi connectivity index (χ4n) is 1.19. The van der Waals surface area contributed by atoms with Gasteiger partial charge in [-0.15, -0.1) is 0 Å². The standard InChI is InChI=1S/C12H15FN2O3/c1-3-14-12(17)15-11(16)8(2)18-10-6-4-9(13)5-7-10/h4-8H,3H2,1-2H3,(H2,14,15,16,17)/t8-/m0/s1. The van der Waals surface area contributed by atoms with Crippen LogP contribution in [-0.4, -0.2) is 24.6 Å². The summed E-state index contributed by atoms with van der Waals surface area (Å²) in [5, 5.41) is 4.55. The molecule has 3 amide bonds. The van der Waals surface area contributed by atoms with Crippen LogP contribution in [0.1, 0.15) is 13.8 Å². The highest BCUT2D eigenvalue weighted by atomic mass is 19.1. The van der Waals surface area contributed by atoms with Crippen LogP contribution in [0.5, 0.6) is 5.75 Å². The van der Waals surface area contributed by atoms with Crippen LogP contribution in [0.15, 0.2) is 24.3 Å². The Morgan fingerprint density at radius 1 is 1.33 bits per heavy atom. The van der Waals surface area contributed by atoms with E-state index in [-0.39, 0.29) is 5.82 Å². The van der Waals surface area contributed by atoms with Crippen molar-refractivity contribution >= 4 is 11.9 Å². The molecule has 5 nitrogen and oxygen atoms in total. The Hall–Kier alpha value is -2.11. The van der Waals surface area contributed by atoms with E-state index < -0.39 is 18.0 Å². The molecule has 0 aliphatic rings. The van der Waals surface area contributed by atoms with Crippen LogP contribution in [0, 0.1) is 5.82 Å². The van der Waals surface area contributed by atoms with Crippen molar-refractivity contribution in [1.82, 2.24) is 10.6 Å². The van der Waals surface area contributed by atoms with Gasteiger partial charge >= 0.3 is 6.03 Å². The van der Waals surface area contributed by atoms with Gasteiger partial charge < -0.3 is 10.1 Å². The number of amides is 3. The van der Waals surface area contributed by atoms with E-state index in [2.05, 4.69) is 10.6 Å². The van der Waals surface area contributed by atoms with E-state index in [4.69, 9.17) is 4.74 Å². The summed E-state index contributed by atoms with van der Waals surface area (Å²) in [6, 6.07) is 4.70. The molecule has 0 unspecified atom stereocenters. The number of imide groups is 1. The lowest BCUT2D eigenvalue weighted by molar-refractivity contribution is -0.126. The van der Waals surface area contributed by atoms with Gasteiger partial charge in [-0.05, 0) is 38.1 Å². The van der Waals surface area contributed by atoms with E-state index in [1.165, 1.54) is 31.2 Å². The Morgan fingerprint density at radius 2 is 1.94 bits per heavy atom. The van der Waals surface area contributed by atoms with E-state index in [1.54, 1.807) is 6.92 Å². The minimum Gasteiger partial charge on any atom is -0.481 e. The lowest BCUT2D eigenvalue weighted by Gasteiger charge is -2.14. The number of hydrogen-bond acceptors (Lipinski definition) is 3. The maximum Gasteiger partial charge on any atom is 0.321 e. The molecule has 0 spiro atoms. The average molecular weight is 254 g/mol. The molecule has 0 bridgehead atoms. The number of halogens is 1. The summed E-state index contributed by atoms with van der Waals surface area (Å²) in [4.78, 5) is 22.6. The maximum atomic E-state index is 12.7. The zero-order valence-electron chi connectivity index (χ0n) is 10.2. The van der Waals surface area contributed by atoms with Crippen LogP contribution in [-0.2, 0) is 4.79 Å². The first-order valence-electron chi connectivity index (χ1n) is 5.54. The fraction of sp³-hybridized carbons (Fsp3) is 0.333. The Kier molecular flexibility index (Phi) is 5.10. The summed E-state index contributed by atoms with van der Waals surface area (Å²) in [6.07, 6.45) is -0.849. The van der Waals surface area contributed by atoms with Crippen LogP contribution < -0.4 is 15.4 Å². The number of hydrogen-bond donors (Lipinski definition) is 2. The summed E-state index contributed by atoms with van der Waals surface area (Å²) in [5.41, 5.74) is 0. The number of urea groups is 1. The first-order chi connectivity index (χ1) is 8.52. The molecule has 1 atom stereocenters. The quantitative estimate of drug-likeness (QED) is 0.854. The minimum atomic E-state index is -0.849. The third-order valence-electron chi connectivity index (χ3n) is 2.07. The fourth-order valence-corrected chi connectivity index (χ4v) is 1.19. The second kappa shape index (κ2) is 6.58. The zero-order valence-corrected chi connectivity index (χ0v) is 10.2. The molecule has 6 heteroatoms. The molecule has 0 saturated heterocycles. The van der Waals surface area contributed by atoms with E-state index in [0.29, 0.717) is 12.3 Å². The predicted octanol–water partition coefficient (Wildman–Crippen LogP) is 1.44. The lowest BCUT2D eigenvalue weighted by Crippen LogP contribution is -2.45. The predicted molar refractivity (Wildman–Crippen MR) is 63.7 cm³/mol. The maximum absolute atomic E-state index is 12.7. The number of benzene rings is 1. The van der Waals surface area contributed by atoms with Crippen molar-refractivity contribution in [2.24, 2.45) is 0 Å². The van der Waals surface area contributed by atoms with E-state index in [0.717, 1.165) is 0 Å². The SMILES string of the molecule is CCNC(=O)NC(=O)[C@H](C)Oc1ccc(F)cc1. The van der Waals surface area contributed by atoms with Gasteiger partial charge in [-0.1, -0.05) is 0 Å². The molecule has 1 aromatic carbocycles. The number of carbonyl (C=O) groups excluding carboxylic acids is 2. The summed E-state index contributed by atoms with van der Waals surface area (Å²) < 4.78 is 17.9. The number of ether oxygens (including phenoxy) is 1. The van der Waals surface area contributed by atoms with Gasteiger partial charge in [0.2, 0.25) is 0 Å². The minimum absolute atomic E-state index is 0.356. The van der Waals surface area contributed by atoms with Crippen molar-refractivity contribution in [2.75, 3.05) is 6.54 Å². The molecule has 0 fully saturated rings. The highest BCUT2D eigenvalue weighted by Gasteiger charge is 2.16. The van der Waals surface area contributed by atoms with Crippen molar-refractivity contribution < 1.29 is 18.7 Å². The highest BCUT2D eigenvalue weighted by molar-refractivity contribution is 5.96. The van der Waals surface area contributed by atoms with Gasteiger partial charge in [-0.3, -0.25) is 10.1 Å². The molecule has 98 valence electrons. The molecular formula is C12H15FN2O3. The van der Waals surface area contributed by atoms with E-state index in [9.17, 15) is 14.0 Å². The number of carbonyl (C=O) groups is 2. The Bertz CT molecular complexity index is 420. The molecule has 2 N–H and O–H groups in total. The molecule has 0 aliphatic carbocycles. The Balaban J connectivity index is 2.49. The molecule has 1 aromatic rings. The molecule has 1 rings (SSSR count). The van der Waals surface area contributed by atoms with Crippen LogP contribution >= 0.6 is 0 Å². The first kappa shape index (κ1) is 14.0. The largest absolute Gasteiger partial charge is 0.481 e. The number of rotatable bonds is 4. The summed E-state index contributed by atoms with van der Waals surface area (Å²) in [7, 11) is 0. The second-order valence-electron chi connectivity index (χ2n) is 3.56. The molecule has 0 radical (unpaired) electrons. The summed E-state index contributed by atoms with van der Waals surface area (Å²) >= 11 is 0. The molecule has 0 saturated carbocycles. The third-order valence-corrected chi connectivity index (χ3v) is 2.07. The number of nitrogens with one attached hydrogen (secondary N) is 2. The topological polar surface area (TPSA) is 67.4 Å². The molecule has 0 heterocycles. The monoisotopic (exact) mass is 254 g/mol. The lowest BCUT2D eigenvalue weighted by atomic mass is 10.3. The average Bonchev–Trinajstić information content (AvgIpc) is 2.32. The van der Waals surface area contributed by atoms with Crippen LogP contribution in [0.25, 0.3) is 0 Å². The van der Waals surface area contributed by atoms with Crippen molar-refractivity contribution in [1.29, 1.82) is 0 Å². The third kappa shape index (κ3) is 4.40. The van der Waals surface area contributed by atoms with Crippen LogP contribution in [0.3, 0.4) is 0 Å². The molecule has 0 aliphatic heterocycles. The molecule has 0 aromatic heterocycles. The zero-order chi connectivity index (χ0) is 13.5. The van der Waals surface area contributed by atoms with Crippen molar-refractivity contribution in [3.63, 3.8) is 0 Å². The van der Waals surface area contributed by atoms with E-state index >= 15 is 0 Å². The summed E-state index contributed by atoms with van der Waals surface area (Å²) in [5.74, 6) is -0.595. The van der Waals surface area contributed by atoms with Gasteiger partial charge in [0, 0.05) is 6.54 Å².